The molecule has 0 aromatic carbocycles. The number of hydrogen-bond donors (Lipinski definition) is 0. The van der Waals surface area contributed by atoms with Crippen LogP contribution in [0.3, 0.4) is 0 Å². The van der Waals surface area contributed by atoms with Crippen molar-refractivity contribution in [2.24, 2.45) is 0 Å². The molecule has 1 unspecified atom stereocenters. The van der Waals surface area contributed by atoms with Gasteiger partial charge in [0.25, 0.3) is 0 Å². The largest absolute Gasteiger partial charge is 0.462 e. The van der Waals surface area contributed by atoms with Gasteiger partial charge in [-0.25, -0.2) is 0 Å². The maximum absolute atomic E-state index is 12.8. The van der Waals surface area contributed by atoms with Gasteiger partial charge in [0.15, 0.2) is 6.10 Å². The second-order valence-corrected chi connectivity index (χ2v) is 22.0. The van der Waals surface area contributed by atoms with Gasteiger partial charge in [0.2, 0.25) is 0 Å². The van der Waals surface area contributed by atoms with E-state index in [9.17, 15) is 14.4 Å². The molecular weight excluding hydrogens is 889 g/mol. The Kier molecular flexibility index (Phi) is 59.6. The molecule has 0 fully saturated rings. The molecule has 424 valence electrons. The van der Waals surface area contributed by atoms with E-state index in [0.29, 0.717) is 19.3 Å². The normalized spacial score (nSPS) is 12.1. The number of allylic oxidation sites excluding steroid dienone is 4. The van der Waals surface area contributed by atoms with Crippen LogP contribution in [0.4, 0.5) is 0 Å². The first kappa shape index (κ1) is 69.9. The van der Waals surface area contributed by atoms with Gasteiger partial charge in [-0.05, 0) is 64.2 Å². The number of ether oxygens (including phenoxy) is 3. The summed E-state index contributed by atoms with van der Waals surface area (Å²) in [5, 5.41) is 0. The Labute approximate surface area is 449 Å². The number of rotatable bonds is 60. The van der Waals surface area contributed by atoms with Crippen LogP contribution in [0.1, 0.15) is 361 Å². The summed E-state index contributed by atoms with van der Waals surface area (Å²) in [5.74, 6) is -0.860. The van der Waals surface area contributed by atoms with Crippen molar-refractivity contribution >= 4 is 17.9 Å². The summed E-state index contributed by atoms with van der Waals surface area (Å²) in [4.78, 5) is 38.0. The summed E-state index contributed by atoms with van der Waals surface area (Å²) in [5.41, 5.74) is 0. The third-order valence-electron chi connectivity index (χ3n) is 14.7. The van der Waals surface area contributed by atoms with Crippen molar-refractivity contribution < 1.29 is 28.6 Å². The van der Waals surface area contributed by atoms with E-state index in [1.807, 2.05) is 0 Å². The molecule has 0 bridgehead atoms. The minimum Gasteiger partial charge on any atom is -0.462 e. The first-order valence-electron chi connectivity index (χ1n) is 32.3. The predicted octanol–water partition coefficient (Wildman–Crippen LogP) is 21.8. The van der Waals surface area contributed by atoms with Crippen molar-refractivity contribution in [1.29, 1.82) is 0 Å². The predicted molar refractivity (Wildman–Crippen MR) is 312 cm³/mol. The summed E-state index contributed by atoms with van der Waals surface area (Å²) in [6, 6.07) is 0. The van der Waals surface area contributed by atoms with Crippen molar-refractivity contribution in [2.45, 2.75) is 367 Å². The van der Waals surface area contributed by atoms with Gasteiger partial charge in [-0.15, -0.1) is 0 Å². The molecule has 6 nitrogen and oxygen atoms in total. The molecule has 6 heteroatoms. The zero-order chi connectivity index (χ0) is 52.2. The molecule has 0 aliphatic carbocycles. The summed E-state index contributed by atoms with van der Waals surface area (Å²) < 4.78 is 16.8. The molecule has 0 saturated heterocycles. The van der Waals surface area contributed by atoms with Crippen LogP contribution in [0.15, 0.2) is 24.3 Å². The van der Waals surface area contributed by atoms with Gasteiger partial charge < -0.3 is 14.2 Å². The minimum atomic E-state index is -0.768. The van der Waals surface area contributed by atoms with Crippen LogP contribution in [0, 0.1) is 0 Å². The van der Waals surface area contributed by atoms with Crippen LogP contribution in [-0.2, 0) is 28.6 Å². The lowest BCUT2D eigenvalue weighted by atomic mass is 10.0. The van der Waals surface area contributed by atoms with Crippen LogP contribution in [0.5, 0.6) is 0 Å². The Balaban J connectivity index is 3.94. The van der Waals surface area contributed by atoms with Crippen LogP contribution in [0.25, 0.3) is 0 Å². The Morgan fingerprint density at radius 3 is 0.750 bits per heavy atom. The fourth-order valence-corrected chi connectivity index (χ4v) is 9.80. The number of carbonyl (C=O) groups excluding carboxylic acids is 3. The molecule has 0 spiro atoms. The second kappa shape index (κ2) is 61.4. The lowest BCUT2D eigenvalue weighted by Crippen LogP contribution is -2.30. The quantitative estimate of drug-likeness (QED) is 0.0261. The summed E-state index contributed by atoms with van der Waals surface area (Å²) in [6.07, 6.45) is 73.7. The lowest BCUT2D eigenvalue weighted by Gasteiger charge is -2.18. The highest BCUT2D eigenvalue weighted by molar-refractivity contribution is 5.71. The van der Waals surface area contributed by atoms with E-state index >= 15 is 0 Å². The molecule has 0 radical (unpaired) electrons. The van der Waals surface area contributed by atoms with Crippen molar-refractivity contribution in [3.05, 3.63) is 24.3 Å². The molecule has 0 aromatic heterocycles. The van der Waals surface area contributed by atoms with Crippen LogP contribution < -0.4 is 0 Å². The highest BCUT2D eigenvalue weighted by Gasteiger charge is 2.19. The van der Waals surface area contributed by atoms with Crippen molar-refractivity contribution in [1.82, 2.24) is 0 Å². The molecule has 0 saturated carbocycles. The third-order valence-corrected chi connectivity index (χ3v) is 14.7. The van der Waals surface area contributed by atoms with Gasteiger partial charge in [-0.2, -0.15) is 0 Å². The van der Waals surface area contributed by atoms with Crippen LogP contribution >= 0.6 is 0 Å². The summed E-state index contributed by atoms with van der Waals surface area (Å²) in [6.45, 7) is 6.61. The van der Waals surface area contributed by atoms with Crippen molar-refractivity contribution in [2.75, 3.05) is 13.2 Å². The molecule has 0 heterocycles. The Morgan fingerprint density at radius 2 is 0.486 bits per heavy atom. The molecule has 1 atom stereocenters. The molecule has 0 N–H and O–H groups in total. The van der Waals surface area contributed by atoms with Crippen LogP contribution in [0.2, 0.25) is 0 Å². The molecule has 72 heavy (non-hydrogen) atoms. The van der Waals surface area contributed by atoms with Crippen LogP contribution in [-0.4, -0.2) is 37.2 Å². The Morgan fingerprint density at radius 1 is 0.264 bits per heavy atom. The first-order valence-corrected chi connectivity index (χ1v) is 32.3. The van der Waals surface area contributed by atoms with Gasteiger partial charge in [0, 0.05) is 19.3 Å². The maximum Gasteiger partial charge on any atom is 0.306 e. The van der Waals surface area contributed by atoms with E-state index in [1.54, 1.807) is 0 Å². The van der Waals surface area contributed by atoms with E-state index in [2.05, 4.69) is 45.1 Å². The highest BCUT2D eigenvalue weighted by Crippen LogP contribution is 2.18. The van der Waals surface area contributed by atoms with Crippen molar-refractivity contribution in [3.8, 4) is 0 Å². The molecule has 0 aliphatic rings. The fraction of sp³-hybridized carbons (Fsp3) is 0.894. The van der Waals surface area contributed by atoms with Gasteiger partial charge in [0.05, 0.1) is 0 Å². The van der Waals surface area contributed by atoms with Gasteiger partial charge in [0.1, 0.15) is 13.2 Å². The van der Waals surface area contributed by atoms with Gasteiger partial charge >= 0.3 is 17.9 Å². The fourth-order valence-electron chi connectivity index (χ4n) is 9.80. The molecule has 0 aliphatic heterocycles. The Hall–Kier alpha value is -2.11. The molecular formula is C66H124O6. The topological polar surface area (TPSA) is 78.9 Å². The van der Waals surface area contributed by atoms with Crippen molar-refractivity contribution in [3.63, 3.8) is 0 Å². The van der Waals surface area contributed by atoms with Gasteiger partial charge in [-0.1, -0.05) is 302 Å². The van der Waals surface area contributed by atoms with E-state index in [0.717, 1.165) is 70.6 Å². The summed E-state index contributed by atoms with van der Waals surface area (Å²) in [7, 11) is 0. The van der Waals surface area contributed by atoms with E-state index in [1.165, 1.54) is 250 Å². The minimum absolute atomic E-state index is 0.0683. The average Bonchev–Trinajstić information content (AvgIpc) is 3.38. The number of carbonyl (C=O) groups is 3. The number of unbranched alkanes of at least 4 members (excludes halogenated alkanes) is 45. The zero-order valence-electron chi connectivity index (χ0n) is 48.7. The Bertz CT molecular complexity index is 1160. The highest BCUT2D eigenvalue weighted by atomic mass is 16.6. The molecule has 0 rings (SSSR count). The first-order chi connectivity index (χ1) is 35.5. The monoisotopic (exact) mass is 1010 g/mol. The van der Waals surface area contributed by atoms with Gasteiger partial charge in [-0.3, -0.25) is 14.4 Å². The lowest BCUT2D eigenvalue weighted by molar-refractivity contribution is -0.167. The smallest absolute Gasteiger partial charge is 0.306 e. The number of esters is 3. The SMILES string of the molecule is CCC/C=C\CCCCCCCC(=O)OCC(COC(=O)CCCCCCCCCCCCCCCCCCCCCCC/C=C\CCCCCCCCCC)OC(=O)CCCCCCCCCCCCC. The van der Waals surface area contributed by atoms with E-state index in [-0.39, 0.29) is 31.1 Å². The van der Waals surface area contributed by atoms with E-state index < -0.39 is 6.10 Å². The third kappa shape index (κ3) is 58.8. The summed E-state index contributed by atoms with van der Waals surface area (Å²) >= 11 is 0. The van der Waals surface area contributed by atoms with E-state index in [4.69, 9.17) is 14.2 Å². The standard InChI is InChI=1S/C66H124O6/c1-4-7-10-13-16-19-22-23-24-25-26-27-28-29-30-31-32-33-34-35-36-37-38-39-40-41-42-43-45-47-50-53-56-59-65(68)71-62-63(61-70-64(67)58-55-52-49-46-21-18-15-12-9-6-3)72-66(69)60-57-54-51-48-44-20-17-14-11-8-5-2/h12,15,25-26,63H,4-11,13-14,16-24,27-62H2,1-3H3/b15-12-,26-25-. The second-order valence-electron chi connectivity index (χ2n) is 22.0. The molecule has 0 aromatic rings. The number of hydrogen-bond acceptors (Lipinski definition) is 6. The maximum atomic E-state index is 12.8. The zero-order valence-corrected chi connectivity index (χ0v) is 48.7. The molecule has 0 amide bonds. The average molecular weight is 1010 g/mol.